The molecule has 0 bridgehead atoms. The van der Waals surface area contributed by atoms with Crippen LogP contribution < -0.4 is 5.32 Å². The molecule has 4 fully saturated rings. The van der Waals surface area contributed by atoms with Gasteiger partial charge in [0, 0.05) is 31.1 Å². The molecule has 113 heavy (non-hydrogen) atoms. The van der Waals surface area contributed by atoms with Crippen molar-refractivity contribution < 1.29 is 219 Å². The molecule has 0 aliphatic carbocycles. The Balaban J connectivity index is 1.09. The third-order valence-electron chi connectivity index (χ3n) is 17.1. The lowest BCUT2D eigenvalue weighted by atomic mass is 9.92. The van der Waals surface area contributed by atoms with Crippen LogP contribution in [0.15, 0.2) is 12.7 Å². The third-order valence-corrected chi connectivity index (χ3v) is 23.6. The van der Waals surface area contributed by atoms with Crippen molar-refractivity contribution in [2.24, 2.45) is 23.2 Å². The van der Waals surface area contributed by atoms with Crippen LogP contribution in [0.4, 0.5) is 0 Å². The maximum atomic E-state index is 13.6. The number of aromatic nitrogens is 4. The first-order chi connectivity index (χ1) is 53.1. The van der Waals surface area contributed by atoms with Gasteiger partial charge in [0.1, 0.15) is 79.0 Å². The summed E-state index contributed by atoms with van der Waals surface area (Å²) in [7, 11) is -30.2. The Bertz CT molecular complexity index is 3400. The number of carbonyl (C=O) groups excluding carboxylic acids is 1. The highest BCUT2D eigenvalue weighted by Gasteiger charge is 2.49. The quantitative estimate of drug-likeness (QED) is 0.0175. The molecule has 25 atom stereocenters. The summed E-state index contributed by atoms with van der Waals surface area (Å²) in [6.45, 7) is -9.74. The molecule has 17 N–H and O–H groups in total. The summed E-state index contributed by atoms with van der Waals surface area (Å²) in [5.41, 5.74) is -1.72. The van der Waals surface area contributed by atoms with Crippen LogP contribution in [0.5, 0.6) is 0 Å². The Labute approximate surface area is 645 Å². The number of rotatable bonds is 55. The molecule has 1 amide bonds. The van der Waals surface area contributed by atoms with Gasteiger partial charge in [0.25, 0.3) is 0 Å². The van der Waals surface area contributed by atoms with E-state index in [1.54, 1.807) is 6.92 Å². The maximum Gasteiger partial charge on any atom is 0.474 e. The zero-order valence-electron chi connectivity index (χ0n) is 61.8. The minimum absolute atomic E-state index is 0.152. The van der Waals surface area contributed by atoms with Gasteiger partial charge < -0.3 is 147 Å². The highest BCUT2D eigenvalue weighted by atomic mass is 31.2. The summed E-state index contributed by atoms with van der Waals surface area (Å²) in [6, 6.07) is -1.41. The molecule has 4 saturated heterocycles. The Morgan fingerprint density at radius 1 is 0.531 bits per heavy atom. The zero-order valence-corrected chi connectivity index (χ0v) is 67.2. The van der Waals surface area contributed by atoms with Gasteiger partial charge in [-0.3, -0.25) is 59.2 Å². The standard InChI is InChI=1S/C56H103N5O46P6/c1-32(2)108(73,74)96-20-42-38(13-43(103-42)61-26-59-44-35(5)57-25-58-52(44)61)107-113(83,84)102-28-86-19-37(14-62)18-85-27-98-112(81,82)97-24-56(21-87-29-99-109(75,76)93-10-7-90-53-33(3)46(67)48(69)39(15-63)104-53,22-88-30-100-110(77,78)94-11-8-91-54-34(4)47(68)49(70)40(16-64)105-54)23-89-31-101-111(79,80)95-12-9-92-55-45(60-36(6)66)51(72)50(71)41(17-65)106-55/h25-26,32-34,37-43,45-51,53-55,62-65,67-72H,7-24,27-31H2,1-6H3,(H,60,66)(H,73,74)(H,75,76)(H,77,78)(H,79,80)(H,81,82)(H,83,84)/t33-,34-,37?,38-,39?,40?,41?,42+,43+,45-,46?,47?,48-,49-,50-,51?,53+,54+,55+,56?/m0/s1. The van der Waals surface area contributed by atoms with Crippen LogP contribution in [0.2, 0.25) is 0 Å². The van der Waals surface area contributed by atoms with E-state index in [0.29, 0.717) is 16.9 Å². The molecule has 0 saturated carbocycles. The monoisotopic (exact) mass is 1770 g/mol. The van der Waals surface area contributed by atoms with Crippen LogP contribution in [0.1, 0.15) is 53.0 Å². The average Bonchev–Trinajstić information content (AvgIpc) is 1.63. The van der Waals surface area contributed by atoms with Crippen LogP contribution in [0.25, 0.3) is 11.2 Å². The number of nitrogens with zero attached hydrogens (tertiary/aromatic N) is 4. The molecule has 2 aromatic heterocycles. The Morgan fingerprint density at radius 2 is 0.956 bits per heavy atom. The summed E-state index contributed by atoms with van der Waals surface area (Å²) < 4.78 is 202. The number of aliphatic hydroxyl groups excluding tert-OH is 10. The van der Waals surface area contributed by atoms with E-state index >= 15 is 0 Å². The number of nitrogens with one attached hydrogen (secondary N) is 1. The lowest BCUT2D eigenvalue weighted by Gasteiger charge is -2.42. The van der Waals surface area contributed by atoms with Crippen molar-refractivity contribution in [2.45, 2.75) is 152 Å². The van der Waals surface area contributed by atoms with Gasteiger partial charge in [0.2, 0.25) is 5.91 Å². The smallest absolute Gasteiger partial charge is 0.396 e. The second-order valence-electron chi connectivity index (χ2n) is 26.1. The number of phosphoric ester groups is 5. The second kappa shape index (κ2) is 46.7. The van der Waals surface area contributed by atoms with Crippen molar-refractivity contribution in [3.63, 3.8) is 0 Å². The third kappa shape index (κ3) is 32.0. The van der Waals surface area contributed by atoms with E-state index in [9.17, 15) is 113 Å². The second-order valence-corrected chi connectivity index (χ2v) is 35.7. The van der Waals surface area contributed by atoms with E-state index in [1.807, 2.05) is 0 Å². The molecule has 51 nitrogen and oxygen atoms in total. The topological polar surface area (TPSA) is 711 Å². The Hall–Kier alpha value is -2.16. The van der Waals surface area contributed by atoms with E-state index < -0.39 is 326 Å². The van der Waals surface area contributed by atoms with Crippen LogP contribution in [0, 0.1) is 30.1 Å². The number of phosphoric acid groups is 5. The fourth-order valence-corrected chi connectivity index (χ4v) is 14.7. The van der Waals surface area contributed by atoms with Gasteiger partial charge >= 0.3 is 46.7 Å². The summed E-state index contributed by atoms with van der Waals surface area (Å²) in [4.78, 5) is 88.4. The van der Waals surface area contributed by atoms with Gasteiger partial charge in [0.05, 0.1) is 148 Å². The van der Waals surface area contributed by atoms with Gasteiger partial charge in [0.15, 0.2) is 58.5 Å². The lowest BCUT2D eigenvalue weighted by molar-refractivity contribution is -0.283. The molecule has 6 heterocycles. The van der Waals surface area contributed by atoms with Gasteiger partial charge in [-0.25, -0.2) is 37.8 Å². The number of aliphatic hydroxyl groups is 10. The van der Waals surface area contributed by atoms with E-state index in [4.69, 9.17) is 107 Å². The first kappa shape index (κ1) is 99.7. The van der Waals surface area contributed by atoms with E-state index in [2.05, 4.69) is 20.3 Å². The summed E-state index contributed by atoms with van der Waals surface area (Å²) in [5.74, 6) is -3.45. The number of hydrogen-bond acceptors (Lipinski definition) is 43. The molecule has 0 spiro atoms. The predicted molar refractivity (Wildman–Crippen MR) is 367 cm³/mol. The molecule has 0 radical (unpaired) electrons. The SMILES string of the molecule is CC(=O)N[C@H]1C(O)[C@@H](O)C(CO)O[C@H]1OCCOP(=O)(O)OCOCC(COCOP(=O)(O)OCCO[C@@H]1OC(CO)[C@H](O)C(O)[C@@H]1C)(COCOP(=O)(O)OCCO[C@@H]1OC(CO)[C@H](O)C(O)[C@@H]1C)COP(=O)(O)OCOCC(CO)COCOP(=O)(O)O[C@H]1C[C@H](n2cnc3c(C)ncnc32)O[C@@H]1COP(=O)(O)C(C)C. The summed E-state index contributed by atoms with van der Waals surface area (Å²) in [6.07, 6.45) is -18.1. The zero-order chi connectivity index (χ0) is 83.7. The highest BCUT2D eigenvalue weighted by Crippen LogP contribution is 2.52. The molecular formula is C56H103N5O46P6. The number of carbonyl (C=O) groups is 1. The first-order valence-corrected chi connectivity index (χ1v) is 43.6. The molecule has 6 rings (SSSR count). The maximum absolute atomic E-state index is 13.6. The van der Waals surface area contributed by atoms with Gasteiger partial charge in [-0.05, 0) is 6.92 Å². The minimum atomic E-state index is -5.44. The number of ether oxygens (including phenoxy) is 12. The highest BCUT2D eigenvalue weighted by molar-refractivity contribution is 7.53. The van der Waals surface area contributed by atoms with Crippen molar-refractivity contribution >= 4 is 63.8 Å². The van der Waals surface area contributed by atoms with Crippen LogP contribution in [-0.4, -0.2) is 350 Å². The molecule has 2 aromatic rings. The number of fused-ring (bicyclic) bond motifs is 1. The number of amides is 1. The number of hydrogen-bond donors (Lipinski definition) is 17. The molecule has 4 aliphatic heterocycles. The van der Waals surface area contributed by atoms with E-state index in [-0.39, 0.29) is 6.42 Å². The fraction of sp³-hybridized carbons (Fsp3) is 0.893. The van der Waals surface area contributed by atoms with Crippen molar-refractivity contribution in [1.29, 1.82) is 0 Å². The van der Waals surface area contributed by atoms with Crippen LogP contribution in [-0.2, 0) is 139 Å². The molecule has 13 unspecified atom stereocenters. The Kier molecular flexibility index (Phi) is 41.2. The van der Waals surface area contributed by atoms with Crippen molar-refractivity contribution in [3.05, 3.63) is 18.3 Å². The molecular weight excluding hydrogens is 1660 g/mol. The van der Waals surface area contributed by atoms with Crippen molar-refractivity contribution in [1.82, 2.24) is 24.8 Å². The van der Waals surface area contributed by atoms with Crippen molar-refractivity contribution in [2.75, 3.05) is 146 Å². The van der Waals surface area contributed by atoms with Crippen LogP contribution >= 0.6 is 46.7 Å². The lowest BCUT2D eigenvalue weighted by Crippen LogP contribution is -2.64. The number of imidazole rings is 1. The predicted octanol–water partition coefficient (Wildman–Crippen LogP) is -3.32. The van der Waals surface area contributed by atoms with Gasteiger partial charge in [-0.1, -0.05) is 27.7 Å². The summed E-state index contributed by atoms with van der Waals surface area (Å²) >= 11 is 0. The Morgan fingerprint density at radius 3 is 1.40 bits per heavy atom. The molecule has 658 valence electrons. The average molecular weight is 1770 g/mol. The van der Waals surface area contributed by atoms with E-state index in [1.165, 1.54) is 44.9 Å². The first-order valence-electron chi connectivity index (χ1n) is 34.5. The molecule has 0 aromatic carbocycles. The van der Waals surface area contributed by atoms with Crippen LogP contribution in [0.3, 0.4) is 0 Å². The normalized spacial score (nSPS) is 31.2. The van der Waals surface area contributed by atoms with Gasteiger partial charge in [-0.2, -0.15) is 0 Å². The number of aryl methyl sites for hydroxylation is 1. The van der Waals surface area contributed by atoms with Gasteiger partial charge in [-0.15, -0.1) is 0 Å². The molecule has 4 aliphatic rings. The fourth-order valence-electron chi connectivity index (χ4n) is 10.7. The van der Waals surface area contributed by atoms with E-state index in [0.717, 1.165) is 6.92 Å². The largest absolute Gasteiger partial charge is 0.474 e. The summed E-state index contributed by atoms with van der Waals surface area (Å²) in [5, 5.41) is 103. The minimum Gasteiger partial charge on any atom is -0.396 e. The van der Waals surface area contributed by atoms with Crippen molar-refractivity contribution in [3.8, 4) is 0 Å². The molecule has 57 heteroatoms.